The van der Waals surface area contributed by atoms with Gasteiger partial charge in [0.25, 0.3) is 0 Å². The number of hydrogen-bond donors (Lipinski definition) is 3. The molecule has 3 amide bonds. The second-order valence-electron chi connectivity index (χ2n) is 7.63. The van der Waals surface area contributed by atoms with Gasteiger partial charge in [-0.05, 0) is 44.4 Å². The molecule has 3 N–H and O–H groups in total. The van der Waals surface area contributed by atoms with Gasteiger partial charge in [-0.3, -0.25) is 4.79 Å². The number of nitrogens with one attached hydrogen (secondary N) is 3. The lowest BCUT2D eigenvalue weighted by atomic mass is 9.55. The number of rotatable bonds is 6. The van der Waals surface area contributed by atoms with Crippen LogP contribution in [-0.4, -0.2) is 37.2 Å². The van der Waals surface area contributed by atoms with Crippen LogP contribution in [0.5, 0.6) is 0 Å². The van der Waals surface area contributed by atoms with Gasteiger partial charge in [-0.25, -0.2) is 4.79 Å². The van der Waals surface area contributed by atoms with Crippen LogP contribution < -0.4 is 16.0 Å². The molecule has 1 spiro atoms. The Hall–Kier alpha value is -2.52. The van der Waals surface area contributed by atoms with Gasteiger partial charge in [-0.15, -0.1) is 6.42 Å². The van der Waals surface area contributed by atoms with Crippen molar-refractivity contribution in [2.75, 3.05) is 18.5 Å². The molecule has 2 fully saturated rings. The summed E-state index contributed by atoms with van der Waals surface area (Å²) in [5, 5.41) is 8.46. The molecule has 1 aromatic carbocycles. The minimum Gasteiger partial charge on any atom is -0.378 e. The van der Waals surface area contributed by atoms with E-state index in [4.69, 9.17) is 11.2 Å². The average molecular weight is 383 g/mol. The molecule has 0 saturated heterocycles. The van der Waals surface area contributed by atoms with Crippen LogP contribution in [0.1, 0.15) is 51.0 Å². The first-order valence-electron chi connectivity index (χ1n) is 10.1. The smallest absolute Gasteiger partial charge is 0.315 e. The number of carbonyl (C=O) groups excluding carboxylic acids is 2. The average Bonchev–Trinajstić information content (AvgIpc) is 2.72. The van der Waals surface area contributed by atoms with Crippen LogP contribution in [-0.2, 0) is 9.53 Å². The van der Waals surface area contributed by atoms with Gasteiger partial charge < -0.3 is 20.7 Å². The molecule has 0 heterocycles. The zero-order chi connectivity index (χ0) is 20.0. The number of ether oxygens (including phenoxy) is 1. The fourth-order valence-corrected chi connectivity index (χ4v) is 4.53. The van der Waals surface area contributed by atoms with E-state index in [1.54, 1.807) is 24.3 Å². The molecule has 2 atom stereocenters. The molecule has 0 unspecified atom stereocenters. The normalized spacial score (nSPS) is 22.6. The van der Waals surface area contributed by atoms with Crippen LogP contribution in [0.25, 0.3) is 0 Å². The van der Waals surface area contributed by atoms with Crippen LogP contribution in [0.2, 0.25) is 0 Å². The quantitative estimate of drug-likeness (QED) is 0.661. The van der Waals surface area contributed by atoms with Gasteiger partial charge in [-0.1, -0.05) is 31.2 Å². The molecule has 0 radical (unpaired) electrons. The van der Waals surface area contributed by atoms with Crippen molar-refractivity contribution >= 4 is 17.6 Å². The fourth-order valence-electron chi connectivity index (χ4n) is 4.53. The van der Waals surface area contributed by atoms with E-state index >= 15 is 0 Å². The molecule has 2 aliphatic rings. The second kappa shape index (κ2) is 9.11. The highest BCUT2D eigenvalue weighted by Crippen LogP contribution is 2.53. The summed E-state index contributed by atoms with van der Waals surface area (Å²) in [6.07, 6.45) is 12.2. The van der Waals surface area contributed by atoms with Gasteiger partial charge in [0.1, 0.15) is 0 Å². The Morgan fingerprint density at radius 1 is 1.29 bits per heavy atom. The van der Waals surface area contributed by atoms with Crippen LogP contribution in [0.3, 0.4) is 0 Å². The Bertz CT molecular complexity index is 750. The van der Waals surface area contributed by atoms with Crippen molar-refractivity contribution < 1.29 is 14.3 Å². The van der Waals surface area contributed by atoms with Gasteiger partial charge in [0.15, 0.2) is 0 Å². The van der Waals surface area contributed by atoms with Gasteiger partial charge in [-0.2, -0.15) is 0 Å². The van der Waals surface area contributed by atoms with Crippen molar-refractivity contribution in [3.63, 3.8) is 0 Å². The lowest BCUT2D eigenvalue weighted by molar-refractivity contribution is -0.146. The molecule has 28 heavy (non-hydrogen) atoms. The van der Waals surface area contributed by atoms with Crippen LogP contribution in [0.15, 0.2) is 24.3 Å². The van der Waals surface area contributed by atoms with E-state index in [1.807, 2.05) is 6.92 Å². The van der Waals surface area contributed by atoms with Crippen molar-refractivity contribution in [2.24, 2.45) is 5.41 Å². The highest BCUT2D eigenvalue weighted by Gasteiger charge is 2.56. The zero-order valence-corrected chi connectivity index (χ0v) is 16.4. The number of terminal acetylenes is 1. The Balaban J connectivity index is 1.47. The third kappa shape index (κ3) is 4.48. The summed E-state index contributed by atoms with van der Waals surface area (Å²) >= 11 is 0. The number of anilines is 1. The van der Waals surface area contributed by atoms with E-state index in [9.17, 15) is 9.59 Å². The van der Waals surface area contributed by atoms with E-state index < -0.39 is 0 Å². The molecule has 1 aromatic rings. The molecule has 2 aliphatic carbocycles. The summed E-state index contributed by atoms with van der Waals surface area (Å²) in [4.78, 5) is 24.4. The maximum absolute atomic E-state index is 12.3. The Labute approximate surface area is 166 Å². The first-order valence-corrected chi connectivity index (χ1v) is 10.1. The molecule has 2 saturated carbocycles. The molecule has 6 nitrogen and oxygen atoms in total. The maximum Gasteiger partial charge on any atom is 0.315 e. The minimum absolute atomic E-state index is 0.0590. The Kier molecular flexibility index (Phi) is 6.58. The predicted octanol–water partition coefficient (Wildman–Crippen LogP) is 3.03. The summed E-state index contributed by atoms with van der Waals surface area (Å²) in [5.74, 6) is 2.23. The maximum atomic E-state index is 12.3. The molecular formula is C22H29N3O3. The molecule has 0 aliphatic heterocycles. The van der Waals surface area contributed by atoms with Crippen molar-refractivity contribution in [1.29, 1.82) is 0 Å². The highest BCUT2D eigenvalue weighted by atomic mass is 16.5. The van der Waals surface area contributed by atoms with Crippen LogP contribution in [0, 0.1) is 17.8 Å². The fraction of sp³-hybridized carbons (Fsp3) is 0.545. The van der Waals surface area contributed by atoms with E-state index in [0.717, 1.165) is 19.3 Å². The number of benzene rings is 1. The number of hydrogen-bond acceptors (Lipinski definition) is 3. The first kappa shape index (κ1) is 20.2. The third-order valence-electron chi connectivity index (χ3n) is 5.97. The Morgan fingerprint density at radius 2 is 2.07 bits per heavy atom. The summed E-state index contributed by atoms with van der Waals surface area (Å²) in [7, 11) is 0. The minimum atomic E-state index is -0.308. The van der Waals surface area contributed by atoms with E-state index in [1.165, 1.54) is 19.3 Å². The van der Waals surface area contributed by atoms with E-state index in [0.29, 0.717) is 17.9 Å². The lowest BCUT2D eigenvalue weighted by Crippen LogP contribution is -2.66. The molecule has 3 rings (SSSR count). The number of carbonyl (C=O) groups is 2. The Morgan fingerprint density at radius 3 is 2.79 bits per heavy atom. The van der Waals surface area contributed by atoms with Crippen molar-refractivity contribution in [3.8, 4) is 12.3 Å². The van der Waals surface area contributed by atoms with Crippen molar-refractivity contribution in [1.82, 2.24) is 10.6 Å². The molecule has 0 bridgehead atoms. The predicted molar refractivity (Wildman–Crippen MR) is 109 cm³/mol. The molecule has 0 aromatic heterocycles. The monoisotopic (exact) mass is 383 g/mol. The zero-order valence-electron chi connectivity index (χ0n) is 16.4. The van der Waals surface area contributed by atoms with Crippen LogP contribution in [0.4, 0.5) is 10.5 Å². The van der Waals surface area contributed by atoms with E-state index in [-0.39, 0.29) is 36.0 Å². The summed E-state index contributed by atoms with van der Waals surface area (Å²) in [6, 6.07) is 6.84. The topological polar surface area (TPSA) is 79.5 Å². The lowest BCUT2D eigenvalue weighted by Gasteiger charge is -2.57. The largest absolute Gasteiger partial charge is 0.378 e. The summed E-state index contributed by atoms with van der Waals surface area (Å²) in [6.45, 7) is 2.62. The molecule has 6 heteroatoms. The highest BCUT2D eigenvalue weighted by molar-refractivity contribution is 5.94. The van der Waals surface area contributed by atoms with Crippen molar-refractivity contribution in [2.45, 2.75) is 57.6 Å². The number of amides is 3. The van der Waals surface area contributed by atoms with Crippen LogP contribution >= 0.6 is 0 Å². The third-order valence-corrected chi connectivity index (χ3v) is 5.97. The van der Waals surface area contributed by atoms with Gasteiger partial charge in [0.05, 0.1) is 12.6 Å². The second-order valence-corrected chi connectivity index (χ2v) is 7.63. The molecule has 150 valence electrons. The summed E-state index contributed by atoms with van der Waals surface area (Å²) < 4.78 is 5.92. The van der Waals surface area contributed by atoms with Gasteiger partial charge >= 0.3 is 6.03 Å². The van der Waals surface area contributed by atoms with E-state index in [2.05, 4.69) is 21.9 Å². The first-order chi connectivity index (χ1) is 13.6. The van der Waals surface area contributed by atoms with Gasteiger partial charge in [0.2, 0.25) is 5.91 Å². The van der Waals surface area contributed by atoms with Crippen molar-refractivity contribution in [3.05, 3.63) is 29.8 Å². The number of urea groups is 1. The molecular weight excluding hydrogens is 354 g/mol. The van der Waals surface area contributed by atoms with Gasteiger partial charge in [0, 0.05) is 29.3 Å². The summed E-state index contributed by atoms with van der Waals surface area (Å²) in [5.41, 5.74) is 1.36. The SMILES string of the molecule is C#Cc1cccc(NC(=O)CNC(=O)N[C@@H]2C[C@H](OCC)C23CCCCC3)c1. The standard InChI is InChI=1S/C22H29N3O3/c1-3-16-9-8-10-17(13-16)24-20(26)15-23-21(27)25-18-14-19(28-4-2)22(18)11-6-5-7-12-22/h1,8-10,13,18-19H,4-7,11-12,14-15H2,2H3,(H,24,26)(H2,23,25,27)/t18-,19+/m1/s1.